The number of urea groups is 1. The van der Waals surface area contributed by atoms with Crippen molar-refractivity contribution >= 4 is 17.8 Å². The lowest BCUT2D eigenvalue weighted by atomic mass is 9.69. The molecule has 2 aromatic carbocycles. The molecule has 5 rings (SSSR count). The summed E-state index contributed by atoms with van der Waals surface area (Å²) in [7, 11) is 0. The van der Waals surface area contributed by atoms with Crippen LogP contribution in [0.4, 0.5) is 13.6 Å². The third-order valence-corrected chi connectivity index (χ3v) is 7.10. The number of primary amides is 1. The second-order valence-electron chi connectivity index (χ2n) is 10.0. The van der Waals surface area contributed by atoms with E-state index >= 15 is 0 Å². The second kappa shape index (κ2) is 9.51. The molecule has 0 radical (unpaired) electrons. The van der Waals surface area contributed by atoms with E-state index in [9.17, 15) is 23.2 Å². The van der Waals surface area contributed by atoms with Gasteiger partial charge in [-0.1, -0.05) is 44.2 Å². The van der Waals surface area contributed by atoms with Crippen molar-refractivity contribution in [1.82, 2.24) is 15.2 Å². The first kappa shape index (κ1) is 25.3. The minimum absolute atomic E-state index is 0.0488. The van der Waals surface area contributed by atoms with Crippen LogP contribution in [0, 0.1) is 11.2 Å². The van der Waals surface area contributed by atoms with Crippen molar-refractivity contribution in [2.24, 2.45) is 11.1 Å². The zero-order valence-corrected chi connectivity index (χ0v) is 20.8. The van der Waals surface area contributed by atoms with Gasteiger partial charge in [-0.2, -0.15) is 0 Å². The number of para-hydroxylation sites is 1. The van der Waals surface area contributed by atoms with Crippen molar-refractivity contribution in [2.45, 2.75) is 32.4 Å². The molecule has 3 N–H and O–H groups in total. The number of amides is 4. The van der Waals surface area contributed by atoms with Crippen LogP contribution in [0.15, 0.2) is 54.6 Å². The van der Waals surface area contributed by atoms with Crippen LogP contribution in [0.5, 0.6) is 11.6 Å². The summed E-state index contributed by atoms with van der Waals surface area (Å²) in [6.45, 7) is 3.75. The normalized spacial score (nSPS) is 18.3. The van der Waals surface area contributed by atoms with Gasteiger partial charge < -0.3 is 15.4 Å². The fourth-order valence-corrected chi connectivity index (χ4v) is 5.09. The highest BCUT2D eigenvalue weighted by molar-refractivity contribution is 5.97. The zero-order chi connectivity index (χ0) is 27.2. The number of nitrogens with zero attached hydrogens (tertiary/aromatic N) is 2. The monoisotopic (exact) mass is 520 g/mol. The highest BCUT2D eigenvalue weighted by Gasteiger charge is 2.45. The van der Waals surface area contributed by atoms with E-state index in [0.717, 1.165) is 0 Å². The lowest BCUT2D eigenvalue weighted by molar-refractivity contribution is -0.128. The second-order valence-corrected chi connectivity index (χ2v) is 10.0. The van der Waals surface area contributed by atoms with Crippen molar-refractivity contribution in [3.05, 3.63) is 77.1 Å². The van der Waals surface area contributed by atoms with Gasteiger partial charge in [0.15, 0.2) is 11.6 Å². The molecular formula is C28H26F2N4O4. The molecule has 10 heteroatoms. The first-order valence-corrected chi connectivity index (χ1v) is 12.2. The van der Waals surface area contributed by atoms with Gasteiger partial charge >= 0.3 is 6.03 Å². The summed E-state index contributed by atoms with van der Waals surface area (Å²) in [4.78, 5) is 43.1. The number of halogens is 2. The van der Waals surface area contributed by atoms with Crippen molar-refractivity contribution in [3.63, 3.8) is 0 Å². The third-order valence-electron chi connectivity index (χ3n) is 7.10. The fourth-order valence-electron chi connectivity index (χ4n) is 5.09. The Labute approximate surface area is 217 Å². The summed E-state index contributed by atoms with van der Waals surface area (Å²) >= 11 is 0. The number of likely N-dealkylation sites (tertiary alicyclic amines) is 1. The fraction of sp³-hybridized carbons (Fsp3) is 0.286. The number of hydrogen-bond donors (Lipinski definition) is 2. The maximum absolute atomic E-state index is 14.8. The van der Waals surface area contributed by atoms with Gasteiger partial charge in [-0.3, -0.25) is 14.9 Å². The minimum atomic E-state index is -1.23. The lowest BCUT2D eigenvalue weighted by Gasteiger charge is -2.37. The van der Waals surface area contributed by atoms with Gasteiger partial charge in [0.1, 0.15) is 6.17 Å². The van der Waals surface area contributed by atoms with E-state index in [-0.39, 0.29) is 24.1 Å². The Morgan fingerprint density at radius 3 is 2.47 bits per heavy atom. The standard InChI is InChI=1S/C28H26F2N4O4/c1-28(2,26(36)33-27(31)37)22-18-4-3-5-20(30)23(18)38-24-19(22)10-11-21(32-24)15-6-8-16(9-7-15)25(35)34-13-12-17(29)14-34/h3-11,17,22H,12-14H2,1-2H3,(H3,31,33,36,37)/t17-,22?/m1/s1. The van der Waals surface area contributed by atoms with E-state index in [1.165, 1.54) is 17.0 Å². The number of fused-ring (bicyclic) bond motifs is 2. The number of pyridine rings is 1. The molecule has 1 aromatic heterocycles. The Kier molecular flexibility index (Phi) is 6.34. The van der Waals surface area contributed by atoms with E-state index in [0.29, 0.717) is 40.9 Å². The summed E-state index contributed by atoms with van der Waals surface area (Å²) in [5.74, 6) is -2.10. The lowest BCUT2D eigenvalue weighted by Crippen LogP contribution is -2.46. The number of rotatable bonds is 4. The van der Waals surface area contributed by atoms with Crippen LogP contribution < -0.4 is 15.8 Å². The zero-order valence-electron chi connectivity index (χ0n) is 20.8. The first-order valence-electron chi connectivity index (χ1n) is 12.2. The number of hydrogen-bond acceptors (Lipinski definition) is 5. The summed E-state index contributed by atoms with van der Waals surface area (Å²) in [5, 5.41) is 2.12. The third kappa shape index (κ3) is 4.46. The first-order chi connectivity index (χ1) is 18.1. The van der Waals surface area contributed by atoms with Crippen LogP contribution in [-0.4, -0.2) is 47.0 Å². The van der Waals surface area contributed by atoms with Crippen molar-refractivity contribution < 1.29 is 27.9 Å². The topological polar surface area (TPSA) is 115 Å². The van der Waals surface area contributed by atoms with Gasteiger partial charge in [-0.15, -0.1) is 0 Å². The number of benzene rings is 2. The largest absolute Gasteiger partial charge is 0.435 e. The number of nitrogens with two attached hydrogens (primary N) is 1. The molecule has 1 saturated heterocycles. The minimum Gasteiger partial charge on any atom is -0.435 e. The number of alkyl halides is 1. The molecule has 4 amide bonds. The average molecular weight is 521 g/mol. The molecule has 38 heavy (non-hydrogen) atoms. The molecule has 3 heterocycles. The average Bonchev–Trinajstić information content (AvgIpc) is 3.33. The van der Waals surface area contributed by atoms with Crippen LogP contribution in [0.1, 0.15) is 47.7 Å². The van der Waals surface area contributed by atoms with Crippen LogP contribution in [0.25, 0.3) is 11.3 Å². The van der Waals surface area contributed by atoms with Gasteiger partial charge in [-0.25, -0.2) is 18.6 Å². The molecule has 2 atom stereocenters. The molecule has 2 aliphatic rings. The van der Waals surface area contributed by atoms with Crippen LogP contribution in [-0.2, 0) is 4.79 Å². The molecule has 1 unspecified atom stereocenters. The molecule has 2 aliphatic heterocycles. The summed E-state index contributed by atoms with van der Waals surface area (Å²) in [6, 6.07) is 13.7. The van der Waals surface area contributed by atoms with Crippen LogP contribution >= 0.6 is 0 Å². The summed E-state index contributed by atoms with van der Waals surface area (Å²) < 4.78 is 34.2. The Morgan fingerprint density at radius 2 is 1.82 bits per heavy atom. The van der Waals surface area contributed by atoms with Crippen molar-refractivity contribution in [2.75, 3.05) is 13.1 Å². The van der Waals surface area contributed by atoms with Crippen LogP contribution in [0.2, 0.25) is 0 Å². The molecular weight excluding hydrogens is 494 g/mol. The number of imide groups is 1. The van der Waals surface area contributed by atoms with E-state index in [1.54, 1.807) is 56.3 Å². The Morgan fingerprint density at radius 1 is 1.08 bits per heavy atom. The molecule has 1 fully saturated rings. The number of carbonyl (C=O) groups is 3. The molecule has 196 valence electrons. The number of aromatic nitrogens is 1. The van der Waals surface area contributed by atoms with Gasteiger partial charge in [0.05, 0.1) is 17.7 Å². The van der Waals surface area contributed by atoms with E-state index in [4.69, 9.17) is 10.5 Å². The maximum Gasteiger partial charge on any atom is 0.318 e. The molecule has 3 aromatic rings. The smallest absolute Gasteiger partial charge is 0.318 e. The number of carbonyl (C=O) groups excluding carboxylic acids is 3. The maximum atomic E-state index is 14.8. The SMILES string of the molecule is CC(C)(C(=O)NC(N)=O)C1c2ccc(-c3ccc(C(=O)N4CC[C@@H](F)C4)cc3)nc2Oc2c(F)cccc21. The Balaban J connectivity index is 1.50. The number of ether oxygens (including phenoxy) is 1. The molecule has 0 saturated carbocycles. The Hall–Kier alpha value is -4.34. The van der Waals surface area contributed by atoms with Gasteiger partial charge in [-0.05, 0) is 30.7 Å². The van der Waals surface area contributed by atoms with Crippen molar-refractivity contribution in [1.29, 1.82) is 0 Å². The highest BCUT2D eigenvalue weighted by Crippen LogP contribution is 2.52. The van der Waals surface area contributed by atoms with Gasteiger partial charge in [0.2, 0.25) is 11.8 Å². The molecule has 0 bridgehead atoms. The van der Waals surface area contributed by atoms with Gasteiger partial charge in [0.25, 0.3) is 5.91 Å². The summed E-state index contributed by atoms with van der Waals surface area (Å²) in [5.41, 5.74) is 6.56. The molecule has 0 aliphatic carbocycles. The van der Waals surface area contributed by atoms with Gasteiger partial charge in [0, 0.05) is 34.7 Å². The van der Waals surface area contributed by atoms with Crippen molar-refractivity contribution in [3.8, 4) is 22.9 Å². The van der Waals surface area contributed by atoms with E-state index in [2.05, 4.69) is 10.3 Å². The predicted molar refractivity (Wildman–Crippen MR) is 135 cm³/mol. The summed E-state index contributed by atoms with van der Waals surface area (Å²) in [6.07, 6.45) is -0.655. The quantitative estimate of drug-likeness (QED) is 0.525. The highest BCUT2D eigenvalue weighted by atomic mass is 19.1. The number of nitrogens with one attached hydrogen (secondary N) is 1. The van der Waals surface area contributed by atoms with Crippen LogP contribution in [0.3, 0.4) is 0 Å². The molecule has 0 spiro atoms. The Bertz CT molecular complexity index is 1440. The predicted octanol–water partition coefficient (Wildman–Crippen LogP) is 4.53. The van der Waals surface area contributed by atoms with E-state index in [1.807, 2.05) is 0 Å². The van der Waals surface area contributed by atoms with E-state index < -0.39 is 35.3 Å². The molecule has 8 nitrogen and oxygen atoms in total.